The van der Waals surface area contributed by atoms with E-state index in [0.717, 1.165) is 78.1 Å². The Labute approximate surface area is 234 Å². The zero-order valence-electron chi connectivity index (χ0n) is 22.4. The van der Waals surface area contributed by atoms with Crippen molar-refractivity contribution in [3.05, 3.63) is 115 Å². The number of benzene rings is 3. The maximum absolute atomic E-state index is 13.2. The van der Waals surface area contributed by atoms with Gasteiger partial charge < -0.3 is 9.80 Å². The molecule has 1 aliphatic carbocycles. The lowest BCUT2D eigenvalue weighted by Gasteiger charge is -2.36. The van der Waals surface area contributed by atoms with Gasteiger partial charge in [-0.05, 0) is 59.4 Å². The van der Waals surface area contributed by atoms with Crippen LogP contribution < -0.4 is 9.80 Å². The third-order valence-corrected chi connectivity index (χ3v) is 8.42. The van der Waals surface area contributed by atoms with Gasteiger partial charge in [0.1, 0.15) is 11.6 Å². The van der Waals surface area contributed by atoms with E-state index in [2.05, 4.69) is 75.4 Å². The van der Waals surface area contributed by atoms with Gasteiger partial charge >= 0.3 is 0 Å². The topological polar surface area (TPSA) is 62.2 Å². The Hall–Kier alpha value is -4.58. The lowest BCUT2D eigenvalue weighted by atomic mass is 9.88. The monoisotopic (exact) mass is 525 g/mol. The molecule has 2 fully saturated rings. The molecule has 0 amide bonds. The minimum Gasteiger partial charge on any atom is -0.368 e. The van der Waals surface area contributed by atoms with Crippen molar-refractivity contribution < 1.29 is 4.79 Å². The molecule has 7 rings (SSSR count). The van der Waals surface area contributed by atoms with E-state index in [1.54, 1.807) is 0 Å². The summed E-state index contributed by atoms with van der Waals surface area (Å²) in [5.41, 5.74) is 7.14. The van der Waals surface area contributed by atoms with Gasteiger partial charge in [-0.3, -0.25) is 14.8 Å². The molecule has 5 aromatic rings. The largest absolute Gasteiger partial charge is 0.368 e. The van der Waals surface area contributed by atoms with E-state index in [4.69, 9.17) is 9.97 Å². The van der Waals surface area contributed by atoms with Gasteiger partial charge in [0.15, 0.2) is 0 Å². The van der Waals surface area contributed by atoms with E-state index in [0.29, 0.717) is 12.2 Å². The molecule has 0 unspecified atom stereocenters. The molecule has 6 nitrogen and oxygen atoms in total. The van der Waals surface area contributed by atoms with Gasteiger partial charge in [0.05, 0.1) is 22.6 Å². The first kappa shape index (κ1) is 24.5. The molecule has 0 bridgehead atoms. The van der Waals surface area contributed by atoms with Gasteiger partial charge in [0.2, 0.25) is 0 Å². The van der Waals surface area contributed by atoms with Crippen LogP contribution in [0.4, 0.5) is 11.5 Å². The number of ketones is 1. The summed E-state index contributed by atoms with van der Waals surface area (Å²) in [6.07, 6.45) is 7.95. The average Bonchev–Trinajstić information content (AvgIpc) is 3.84. The maximum Gasteiger partial charge on any atom is 0.147 e. The first-order valence-electron chi connectivity index (χ1n) is 14.0. The van der Waals surface area contributed by atoms with Crippen LogP contribution in [0, 0.1) is 0 Å². The highest BCUT2D eigenvalue weighted by molar-refractivity contribution is 5.94. The Bertz CT molecular complexity index is 1640. The number of fused-ring (bicyclic) bond motifs is 1. The third-order valence-electron chi connectivity index (χ3n) is 8.42. The minimum absolute atomic E-state index is 0.277. The van der Waals surface area contributed by atoms with Crippen molar-refractivity contribution >= 4 is 28.3 Å². The number of pyridine rings is 1. The average molecular weight is 526 g/mol. The summed E-state index contributed by atoms with van der Waals surface area (Å²) in [5, 5.41) is 0. The number of rotatable bonds is 7. The molecule has 1 saturated carbocycles. The number of hydrogen-bond donors (Lipinski definition) is 0. The number of carbonyl (C=O) groups is 1. The standard InChI is InChI=1S/C34H31N5O/c40-32(34(14-15-34)28-4-2-1-3-5-28)22-25-6-8-26(9-7-25)27-10-11-30-31(23-27)37-33(24-36-30)39-20-18-38(19-21-39)29-12-16-35-17-13-29/h1-13,16-17,23-24H,14-15,18-22H2. The highest BCUT2D eigenvalue weighted by Crippen LogP contribution is 2.49. The van der Waals surface area contributed by atoms with Gasteiger partial charge in [-0.15, -0.1) is 0 Å². The van der Waals surface area contributed by atoms with Crippen LogP contribution in [0.3, 0.4) is 0 Å². The number of carbonyl (C=O) groups excluding carboxylic acids is 1. The summed E-state index contributed by atoms with van der Waals surface area (Å²) in [7, 11) is 0. The van der Waals surface area contributed by atoms with Crippen LogP contribution in [0.15, 0.2) is 104 Å². The second-order valence-corrected chi connectivity index (χ2v) is 10.9. The van der Waals surface area contributed by atoms with Crippen molar-refractivity contribution in [2.45, 2.75) is 24.7 Å². The van der Waals surface area contributed by atoms with E-state index >= 15 is 0 Å². The summed E-state index contributed by atoms with van der Waals surface area (Å²) < 4.78 is 0. The normalized spacial score (nSPS) is 16.2. The summed E-state index contributed by atoms with van der Waals surface area (Å²) in [6, 6.07) is 29.0. The first-order valence-corrected chi connectivity index (χ1v) is 14.0. The van der Waals surface area contributed by atoms with Crippen LogP contribution in [0.2, 0.25) is 0 Å². The molecule has 3 aromatic carbocycles. The maximum atomic E-state index is 13.2. The smallest absolute Gasteiger partial charge is 0.147 e. The Morgan fingerprint density at radius 1 is 0.750 bits per heavy atom. The van der Waals surface area contributed by atoms with Crippen molar-refractivity contribution in [3.63, 3.8) is 0 Å². The molecule has 198 valence electrons. The number of aromatic nitrogens is 3. The summed E-state index contributed by atoms with van der Waals surface area (Å²) in [5.74, 6) is 1.24. The molecule has 0 N–H and O–H groups in total. The first-order chi connectivity index (χ1) is 19.7. The van der Waals surface area contributed by atoms with Gasteiger partial charge in [0, 0.05) is 50.7 Å². The molecule has 3 heterocycles. The zero-order chi connectivity index (χ0) is 26.9. The highest BCUT2D eigenvalue weighted by Gasteiger charge is 2.50. The van der Waals surface area contributed by atoms with Crippen molar-refractivity contribution in [2.24, 2.45) is 0 Å². The number of hydrogen-bond acceptors (Lipinski definition) is 6. The summed E-state index contributed by atoms with van der Waals surface area (Å²) in [6.45, 7) is 3.66. The number of anilines is 2. The second-order valence-electron chi connectivity index (χ2n) is 10.9. The lowest BCUT2D eigenvalue weighted by molar-refractivity contribution is -0.120. The van der Waals surface area contributed by atoms with E-state index in [-0.39, 0.29) is 5.41 Å². The molecule has 40 heavy (non-hydrogen) atoms. The van der Waals surface area contributed by atoms with Crippen molar-refractivity contribution in [1.29, 1.82) is 0 Å². The van der Waals surface area contributed by atoms with Crippen LogP contribution in [-0.2, 0) is 16.6 Å². The van der Waals surface area contributed by atoms with Crippen LogP contribution in [0.5, 0.6) is 0 Å². The molecular weight excluding hydrogens is 494 g/mol. The third kappa shape index (κ3) is 4.70. The molecule has 2 aromatic heterocycles. The Kier molecular flexibility index (Phi) is 6.23. The quantitative estimate of drug-likeness (QED) is 0.265. The van der Waals surface area contributed by atoms with Gasteiger partial charge in [-0.1, -0.05) is 60.7 Å². The van der Waals surface area contributed by atoms with E-state index in [1.165, 1.54) is 5.69 Å². The zero-order valence-corrected chi connectivity index (χ0v) is 22.4. The second kappa shape index (κ2) is 10.2. The fourth-order valence-corrected chi connectivity index (χ4v) is 5.86. The van der Waals surface area contributed by atoms with Crippen LogP contribution in [0.1, 0.15) is 24.0 Å². The molecule has 1 aliphatic heterocycles. The predicted octanol–water partition coefficient (Wildman–Crippen LogP) is 5.86. The summed E-state index contributed by atoms with van der Waals surface area (Å²) >= 11 is 0. The van der Waals surface area contributed by atoms with Crippen molar-refractivity contribution in [2.75, 3.05) is 36.0 Å². The van der Waals surface area contributed by atoms with Crippen molar-refractivity contribution in [1.82, 2.24) is 15.0 Å². The Morgan fingerprint density at radius 3 is 2.17 bits per heavy atom. The van der Waals surface area contributed by atoms with Crippen LogP contribution in [-0.4, -0.2) is 46.9 Å². The van der Waals surface area contributed by atoms with Gasteiger partial charge in [-0.25, -0.2) is 4.98 Å². The SMILES string of the molecule is O=C(Cc1ccc(-c2ccc3ncc(N4CCN(c5ccncc5)CC4)nc3c2)cc1)C1(c2ccccc2)CC1. The van der Waals surface area contributed by atoms with Gasteiger partial charge in [-0.2, -0.15) is 0 Å². The van der Waals surface area contributed by atoms with Crippen molar-refractivity contribution in [3.8, 4) is 11.1 Å². The molecule has 2 aliphatic rings. The fraction of sp³-hybridized carbons (Fsp3) is 0.235. The van der Waals surface area contributed by atoms with Gasteiger partial charge in [0.25, 0.3) is 0 Å². The fourth-order valence-electron chi connectivity index (χ4n) is 5.86. The predicted molar refractivity (Wildman–Crippen MR) is 160 cm³/mol. The molecular formula is C34H31N5O. The number of Topliss-reactive ketones (excluding diaryl/α,β-unsaturated/α-hetero) is 1. The number of piperazine rings is 1. The Morgan fingerprint density at radius 2 is 1.45 bits per heavy atom. The molecule has 0 spiro atoms. The van der Waals surface area contributed by atoms with Crippen LogP contribution in [0.25, 0.3) is 22.2 Å². The van der Waals surface area contributed by atoms with E-state index < -0.39 is 0 Å². The lowest BCUT2D eigenvalue weighted by Crippen LogP contribution is -2.46. The van der Waals surface area contributed by atoms with E-state index in [1.807, 2.05) is 42.9 Å². The van der Waals surface area contributed by atoms with Crippen LogP contribution >= 0.6 is 0 Å². The highest BCUT2D eigenvalue weighted by atomic mass is 16.1. The van der Waals surface area contributed by atoms with E-state index in [9.17, 15) is 4.79 Å². The number of nitrogens with zero attached hydrogens (tertiary/aromatic N) is 5. The summed E-state index contributed by atoms with van der Waals surface area (Å²) in [4.78, 5) is 31.7. The molecule has 0 atom stereocenters. The minimum atomic E-state index is -0.277. The molecule has 0 radical (unpaired) electrons. The Balaban J connectivity index is 1.05. The molecule has 6 heteroatoms. The molecule has 1 saturated heterocycles.